The summed E-state index contributed by atoms with van der Waals surface area (Å²) in [5.41, 5.74) is 5.86. The summed E-state index contributed by atoms with van der Waals surface area (Å²) in [5.74, 6) is 1.05. The first-order valence-corrected chi connectivity index (χ1v) is 6.57. The number of ether oxygens (including phenoxy) is 2. The molecule has 5 heteroatoms. The zero-order chi connectivity index (χ0) is 13.3. The lowest BCUT2D eigenvalue weighted by molar-refractivity contribution is 0.0797. The molecule has 0 aromatic heterocycles. The maximum Gasteiger partial charge on any atom is 0.186 e. The number of rotatable bonds is 4. The lowest BCUT2D eigenvalue weighted by atomic mass is 9.72. The molecule has 0 bridgehead atoms. The van der Waals surface area contributed by atoms with Gasteiger partial charge in [0.05, 0.1) is 25.3 Å². The maximum absolute atomic E-state index is 12.4. The monoisotopic (exact) mass is 313 g/mol. The summed E-state index contributed by atoms with van der Waals surface area (Å²) in [5, 5.41) is 0. The lowest BCUT2D eigenvalue weighted by Crippen LogP contribution is -2.53. The smallest absolute Gasteiger partial charge is 0.186 e. The van der Waals surface area contributed by atoms with E-state index in [9.17, 15) is 4.79 Å². The third-order valence-electron chi connectivity index (χ3n) is 3.43. The molecule has 1 fully saturated rings. The minimum atomic E-state index is -0.721. The zero-order valence-electron chi connectivity index (χ0n) is 10.5. The van der Waals surface area contributed by atoms with E-state index in [0.29, 0.717) is 21.5 Å². The predicted octanol–water partition coefficient (Wildman–Crippen LogP) is 2.53. The largest absolute Gasteiger partial charge is 0.495 e. The van der Waals surface area contributed by atoms with Gasteiger partial charge in [0.25, 0.3) is 0 Å². The molecule has 1 aliphatic rings. The van der Waals surface area contributed by atoms with E-state index in [1.165, 1.54) is 7.11 Å². The van der Waals surface area contributed by atoms with E-state index < -0.39 is 5.54 Å². The molecule has 1 aromatic rings. The van der Waals surface area contributed by atoms with Gasteiger partial charge in [0.1, 0.15) is 16.0 Å². The van der Waals surface area contributed by atoms with Crippen molar-refractivity contribution in [2.24, 2.45) is 5.73 Å². The van der Waals surface area contributed by atoms with Gasteiger partial charge in [-0.3, -0.25) is 4.79 Å². The van der Waals surface area contributed by atoms with Crippen molar-refractivity contribution >= 4 is 21.7 Å². The first kappa shape index (κ1) is 13.4. The molecule has 2 rings (SSSR count). The van der Waals surface area contributed by atoms with E-state index in [1.807, 2.05) is 0 Å². The van der Waals surface area contributed by atoms with Gasteiger partial charge in [0, 0.05) is 0 Å². The van der Waals surface area contributed by atoms with E-state index in [1.54, 1.807) is 19.2 Å². The number of ketones is 1. The van der Waals surface area contributed by atoms with Crippen LogP contribution in [0.1, 0.15) is 29.6 Å². The topological polar surface area (TPSA) is 61.5 Å². The summed E-state index contributed by atoms with van der Waals surface area (Å²) in [6, 6.07) is 3.44. The summed E-state index contributed by atoms with van der Waals surface area (Å²) in [6.07, 6.45) is 2.47. The fourth-order valence-electron chi connectivity index (χ4n) is 2.13. The molecule has 0 spiro atoms. The van der Waals surface area contributed by atoms with Crippen LogP contribution >= 0.6 is 15.9 Å². The van der Waals surface area contributed by atoms with Crippen LogP contribution in [0, 0.1) is 0 Å². The SMILES string of the molecule is COc1ccc(C(=O)C2(N)CCC2)c(OC)c1Br. The van der Waals surface area contributed by atoms with Crippen LogP contribution in [0.3, 0.4) is 0 Å². The number of hydrogen-bond acceptors (Lipinski definition) is 4. The van der Waals surface area contributed by atoms with E-state index in [2.05, 4.69) is 15.9 Å². The molecule has 1 saturated carbocycles. The molecule has 0 aliphatic heterocycles. The van der Waals surface area contributed by atoms with Gasteiger partial charge in [-0.2, -0.15) is 0 Å². The number of benzene rings is 1. The molecule has 0 unspecified atom stereocenters. The van der Waals surface area contributed by atoms with Crippen LogP contribution in [0.15, 0.2) is 16.6 Å². The highest BCUT2D eigenvalue weighted by Crippen LogP contribution is 2.41. The Hall–Kier alpha value is -1.07. The highest BCUT2D eigenvalue weighted by atomic mass is 79.9. The van der Waals surface area contributed by atoms with Crippen molar-refractivity contribution in [1.82, 2.24) is 0 Å². The normalized spacial score (nSPS) is 16.9. The summed E-state index contributed by atoms with van der Waals surface area (Å²) in [6.45, 7) is 0. The van der Waals surface area contributed by atoms with Gasteiger partial charge in [0.15, 0.2) is 5.78 Å². The fraction of sp³-hybridized carbons (Fsp3) is 0.462. The average molecular weight is 314 g/mol. The molecule has 18 heavy (non-hydrogen) atoms. The van der Waals surface area contributed by atoms with Gasteiger partial charge in [-0.05, 0) is 47.3 Å². The Kier molecular flexibility index (Phi) is 3.64. The Labute approximate surface area is 115 Å². The van der Waals surface area contributed by atoms with Gasteiger partial charge in [-0.15, -0.1) is 0 Å². The predicted molar refractivity (Wildman–Crippen MR) is 72.3 cm³/mol. The number of carbonyl (C=O) groups is 1. The lowest BCUT2D eigenvalue weighted by Gasteiger charge is -2.36. The van der Waals surface area contributed by atoms with E-state index in [0.717, 1.165) is 19.3 Å². The molecule has 98 valence electrons. The third kappa shape index (κ3) is 2.01. The Morgan fingerprint density at radius 2 is 2.00 bits per heavy atom. The Balaban J connectivity index is 2.45. The van der Waals surface area contributed by atoms with Crippen molar-refractivity contribution in [1.29, 1.82) is 0 Å². The standard InChI is InChI=1S/C13H16BrNO3/c1-17-9-5-4-8(11(18-2)10(9)14)12(16)13(15)6-3-7-13/h4-5H,3,6-7,15H2,1-2H3. The summed E-state index contributed by atoms with van der Waals surface area (Å²) in [7, 11) is 3.09. The number of halogens is 1. The minimum Gasteiger partial charge on any atom is -0.495 e. The molecule has 0 heterocycles. The maximum atomic E-state index is 12.4. The highest BCUT2D eigenvalue weighted by molar-refractivity contribution is 9.10. The molecule has 0 saturated heterocycles. The minimum absolute atomic E-state index is 0.0612. The third-order valence-corrected chi connectivity index (χ3v) is 4.18. The van der Waals surface area contributed by atoms with Crippen molar-refractivity contribution in [3.8, 4) is 11.5 Å². The highest BCUT2D eigenvalue weighted by Gasteiger charge is 2.41. The van der Waals surface area contributed by atoms with Crippen molar-refractivity contribution in [3.63, 3.8) is 0 Å². The first-order valence-electron chi connectivity index (χ1n) is 5.77. The van der Waals surface area contributed by atoms with Crippen LogP contribution in [-0.4, -0.2) is 25.5 Å². The van der Waals surface area contributed by atoms with Crippen LogP contribution < -0.4 is 15.2 Å². The van der Waals surface area contributed by atoms with Crippen molar-refractivity contribution in [2.45, 2.75) is 24.8 Å². The van der Waals surface area contributed by atoms with Gasteiger partial charge in [-0.1, -0.05) is 0 Å². The fourth-order valence-corrected chi connectivity index (χ4v) is 2.80. The molecule has 2 N–H and O–H groups in total. The quantitative estimate of drug-likeness (QED) is 0.868. The zero-order valence-corrected chi connectivity index (χ0v) is 12.0. The van der Waals surface area contributed by atoms with Crippen molar-refractivity contribution in [2.75, 3.05) is 14.2 Å². The van der Waals surface area contributed by atoms with Crippen LogP contribution in [0.2, 0.25) is 0 Å². The average Bonchev–Trinajstić information content (AvgIpc) is 2.34. The number of hydrogen-bond donors (Lipinski definition) is 1. The second-order valence-electron chi connectivity index (χ2n) is 4.50. The van der Waals surface area contributed by atoms with Gasteiger partial charge >= 0.3 is 0 Å². The molecular formula is C13H16BrNO3. The van der Waals surface area contributed by atoms with E-state index in [4.69, 9.17) is 15.2 Å². The van der Waals surface area contributed by atoms with Crippen LogP contribution in [0.5, 0.6) is 11.5 Å². The van der Waals surface area contributed by atoms with Gasteiger partial charge in [0.2, 0.25) is 0 Å². The molecule has 0 radical (unpaired) electrons. The summed E-state index contributed by atoms with van der Waals surface area (Å²) >= 11 is 3.38. The van der Waals surface area contributed by atoms with E-state index in [-0.39, 0.29) is 5.78 Å². The Morgan fingerprint density at radius 1 is 1.33 bits per heavy atom. The molecule has 1 aromatic carbocycles. The summed E-state index contributed by atoms with van der Waals surface area (Å²) < 4.78 is 11.1. The molecule has 0 atom stereocenters. The van der Waals surface area contributed by atoms with Gasteiger partial charge < -0.3 is 15.2 Å². The van der Waals surface area contributed by atoms with Crippen LogP contribution in [-0.2, 0) is 0 Å². The van der Waals surface area contributed by atoms with Crippen LogP contribution in [0.25, 0.3) is 0 Å². The molecule has 1 aliphatic carbocycles. The second-order valence-corrected chi connectivity index (χ2v) is 5.29. The summed E-state index contributed by atoms with van der Waals surface area (Å²) in [4.78, 5) is 12.4. The van der Waals surface area contributed by atoms with Crippen LogP contribution in [0.4, 0.5) is 0 Å². The Morgan fingerprint density at radius 3 is 2.44 bits per heavy atom. The number of nitrogens with two attached hydrogens (primary N) is 1. The molecule has 4 nitrogen and oxygen atoms in total. The Bertz CT molecular complexity index is 483. The first-order chi connectivity index (χ1) is 8.53. The molecule has 0 amide bonds. The number of methoxy groups -OCH3 is 2. The second kappa shape index (κ2) is 4.90. The van der Waals surface area contributed by atoms with Gasteiger partial charge in [-0.25, -0.2) is 0 Å². The number of Topliss-reactive ketones (excluding diaryl/α,β-unsaturated/α-hetero) is 1. The van der Waals surface area contributed by atoms with Crippen molar-refractivity contribution in [3.05, 3.63) is 22.2 Å². The number of carbonyl (C=O) groups excluding carboxylic acids is 1. The van der Waals surface area contributed by atoms with Crippen molar-refractivity contribution < 1.29 is 14.3 Å². The molecular weight excluding hydrogens is 298 g/mol. The van der Waals surface area contributed by atoms with E-state index >= 15 is 0 Å².